The molecule has 0 radical (unpaired) electrons. The molecule has 2 rings (SSSR count). The van der Waals surface area contributed by atoms with Crippen LogP contribution in [0.5, 0.6) is 0 Å². The maximum absolute atomic E-state index is 13.6. The number of imide groups is 1. The van der Waals surface area contributed by atoms with E-state index < -0.39 is 51.0 Å². The molecule has 1 atom stereocenters. The average Bonchev–Trinajstić information content (AvgIpc) is 2.33. The molecule has 108 valence electrons. The van der Waals surface area contributed by atoms with Gasteiger partial charge in [-0.15, -0.1) is 0 Å². The van der Waals surface area contributed by atoms with E-state index in [9.17, 15) is 26.8 Å². The van der Waals surface area contributed by atoms with Crippen molar-refractivity contribution in [3.8, 4) is 0 Å². The van der Waals surface area contributed by atoms with Crippen LogP contribution in [-0.4, -0.2) is 37.1 Å². The van der Waals surface area contributed by atoms with Crippen molar-refractivity contribution < 1.29 is 26.8 Å². The van der Waals surface area contributed by atoms with Crippen LogP contribution in [0.2, 0.25) is 0 Å². The van der Waals surface area contributed by atoms with Crippen LogP contribution in [0.4, 0.5) is 8.78 Å². The summed E-state index contributed by atoms with van der Waals surface area (Å²) in [5.74, 6) is -4.26. The topological polar surface area (TPSA) is 83.6 Å². The molecular weight excluding hydrogens is 294 g/mol. The summed E-state index contributed by atoms with van der Waals surface area (Å²) in [5, 5.41) is 1.94. The molecule has 9 heteroatoms. The minimum absolute atomic E-state index is 0.468. The molecule has 2 amide bonds. The van der Waals surface area contributed by atoms with Gasteiger partial charge in [-0.25, -0.2) is 17.2 Å². The lowest BCUT2D eigenvalue weighted by Gasteiger charge is -2.30. The van der Waals surface area contributed by atoms with Gasteiger partial charge >= 0.3 is 0 Å². The van der Waals surface area contributed by atoms with E-state index in [4.69, 9.17) is 0 Å². The zero-order chi connectivity index (χ0) is 15.1. The van der Waals surface area contributed by atoms with Crippen molar-refractivity contribution in [3.63, 3.8) is 0 Å². The Balaban J connectivity index is 2.55. The minimum atomic E-state index is -4.64. The number of sulfonamides is 1. The second kappa shape index (κ2) is 4.91. The molecule has 1 aromatic carbocycles. The molecule has 6 nitrogen and oxygen atoms in total. The van der Waals surface area contributed by atoms with E-state index in [1.165, 1.54) is 6.92 Å². The van der Waals surface area contributed by atoms with Gasteiger partial charge in [0.1, 0.15) is 17.7 Å². The van der Waals surface area contributed by atoms with Crippen molar-refractivity contribution in [2.24, 2.45) is 0 Å². The van der Waals surface area contributed by atoms with Crippen LogP contribution < -0.4 is 5.32 Å². The number of hydrogen-bond donors (Lipinski definition) is 1. The molecule has 1 aromatic rings. The summed E-state index contributed by atoms with van der Waals surface area (Å²) in [4.78, 5) is 21.5. The highest BCUT2D eigenvalue weighted by Crippen LogP contribution is 2.25. The Morgan fingerprint density at radius 2 is 1.80 bits per heavy atom. The number of nitrogens with one attached hydrogen (secondary N) is 1. The van der Waals surface area contributed by atoms with Crippen LogP contribution in [0.25, 0.3) is 0 Å². The highest BCUT2D eigenvalue weighted by atomic mass is 32.2. The van der Waals surface area contributed by atoms with Gasteiger partial charge in [-0.05, 0) is 19.1 Å². The fourth-order valence-corrected chi connectivity index (χ4v) is 3.49. The number of benzene rings is 1. The third kappa shape index (κ3) is 2.29. The Labute approximate surface area is 113 Å². The molecule has 1 saturated heterocycles. The summed E-state index contributed by atoms with van der Waals surface area (Å²) in [6, 6.07) is 1.34. The largest absolute Gasteiger partial charge is 0.294 e. The molecule has 0 aliphatic carbocycles. The molecule has 1 unspecified atom stereocenters. The first-order valence-corrected chi connectivity index (χ1v) is 6.98. The molecule has 20 heavy (non-hydrogen) atoms. The quantitative estimate of drug-likeness (QED) is 0.780. The van der Waals surface area contributed by atoms with Crippen LogP contribution >= 0.6 is 0 Å². The molecule has 1 aliphatic rings. The van der Waals surface area contributed by atoms with Gasteiger partial charge in [0, 0.05) is 0 Å². The number of amides is 2. The fraction of sp³-hybridized carbons (Fsp3) is 0.273. The first-order valence-electron chi connectivity index (χ1n) is 5.54. The summed E-state index contributed by atoms with van der Waals surface area (Å²) in [6.45, 7) is 0.543. The van der Waals surface area contributed by atoms with Crippen molar-refractivity contribution in [2.45, 2.75) is 17.9 Å². The number of hydrogen-bond acceptors (Lipinski definition) is 4. The second-order valence-corrected chi connectivity index (χ2v) is 6.02. The van der Waals surface area contributed by atoms with Crippen LogP contribution in [0.15, 0.2) is 23.1 Å². The number of carbonyl (C=O) groups is 2. The van der Waals surface area contributed by atoms with Crippen molar-refractivity contribution in [3.05, 3.63) is 29.8 Å². The molecule has 0 spiro atoms. The first-order chi connectivity index (χ1) is 9.25. The van der Waals surface area contributed by atoms with Gasteiger partial charge in [0.05, 0.1) is 6.54 Å². The van der Waals surface area contributed by atoms with Crippen LogP contribution in [-0.2, 0) is 19.6 Å². The van der Waals surface area contributed by atoms with Crippen molar-refractivity contribution >= 4 is 21.8 Å². The van der Waals surface area contributed by atoms with Gasteiger partial charge < -0.3 is 0 Å². The van der Waals surface area contributed by atoms with E-state index in [2.05, 4.69) is 0 Å². The van der Waals surface area contributed by atoms with Crippen LogP contribution in [0.3, 0.4) is 0 Å². The molecule has 0 aromatic heterocycles. The molecule has 1 N–H and O–H groups in total. The molecular formula is C11H10F2N2O4S. The van der Waals surface area contributed by atoms with E-state index in [-0.39, 0.29) is 0 Å². The maximum atomic E-state index is 13.6. The minimum Gasteiger partial charge on any atom is -0.294 e. The Hall–Kier alpha value is -1.87. The summed E-state index contributed by atoms with van der Waals surface area (Å²) < 4.78 is 52.1. The van der Waals surface area contributed by atoms with Gasteiger partial charge in [-0.1, -0.05) is 6.07 Å². The van der Waals surface area contributed by atoms with Gasteiger partial charge in [0.15, 0.2) is 4.90 Å². The molecule has 1 aliphatic heterocycles. The number of piperazine rings is 1. The van der Waals surface area contributed by atoms with Gasteiger partial charge in [0.2, 0.25) is 21.8 Å². The highest BCUT2D eigenvalue weighted by molar-refractivity contribution is 7.89. The number of rotatable bonds is 2. The Morgan fingerprint density at radius 3 is 2.35 bits per heavy atom. The fourth-order valence-electron chi connectivity index (χ4n) is 1.83. The zero-order valence-electron chi connectivity index (χ0n) is 10.3. The monoisotopic (exact) mass is 304 g/mol. The smallest absolute Gasteiger partial charge is 0.250 e. The van der Waals surface area contributed by atoms with E-state index in [0.717, 1.165) is 18.2 Å². The Bertz CT molecular complexity index is 669. The number of halogens is 2. The first kappa shape index (κ1) is 14.5. The van der Waals surface area contributed by atoms with E-state index in [0.29, 0.717) is 4.31 Å². The molecule has 1 heterocycles. The van der Waals surface area contributed by atoms with Crippen molar-refractivity contribution in [2.75, 3.05) is 6.54 Å². The molecule has 0 bridgehead atoms. The standard InChI is InChI=1S/C11H10F2N2O4S/c1-6-11(17)14-9(16)5-15(6)20(18,19)10-7(12)3-2-4-8(10)13/h2-4,6H,5H2,1H3,(H,14,16,17). The zero-order valence-corrected chi connectivity index (χ0v) is 11.1. The maximum Gasteiger partial charge on any atom is 0.250 e. The van der Waals surface area contributed by atoms with Gasteiger partial charge in [0.25, 0.3) is 0 Å². The molecule has 0 saturated carbocycles. The van der Waals surface area contributed by atoms with Crippen LogP contribution in [0.1, 0.15) is 6.92 Å². The number of nitrogens with zero attached hydrogens (tertiary/aromatic N) is 1. The highest BCUT2D eigenvalue weighted by Gasteiger charge is 2.41. The van der Waals surface area contributed by atoms with Gasteiger partial charge in [-0.2, -0.15) is 4.31 Å². The van der Waals surface area contributed by atoms with Crippen molar-refractivity contribution in [1.29, 1.82) is 0 Å². The summed E-state index contributed by atoms with van der Waals surface area (Å²) in [6.07, 6.45) is 0. The number of carbonyl (C=O) groups excluding carboxylic acids is 2. The predicted molar refractivity (Wildman–Crippen MR) is 62.9 cm³/mol. The summed E-state index contributed by atoms with van der Waals surface area (Å²) >= 11 is 0. The van der Waals surface area contributed by atoms with Crippen LogP contribution in [0, 0.1) is 11.6 Å². The molecule has 1 fully saturated rings. The summed E-state index contributed by atoms with van der Waals surface area (Å²) in [5.41, 5.74) is 0. The van der Waals surface area contributed by atoms with E-state index in [1.54, 1.807) is 0 Å². The average molecular weight is 304 g/mol. The second-order valence-electron chi connectivity index (χ2n) is 4.19. The third-order valence-corrected chi connectivity index (χ3v) is 4.83. The lowest BCUT2D eigenvalue weighted by atomic mass is 10.2. The third-order valence-electron chi connectivity index (χ3n) is 2.86. The van der Waals surface area contributed by atoms with Crippen molar-refractivity contribution in [1.82, 2.24) is 9.62 Å². The Morgan fingerprint density at radius 1 is 1.25 bits per heavy atom. The lowest BCUT2D eigenvalue weighted by molar-refractivity contribution is -0.136. The van der Waals surface area contributed by atoms with E-state index >= 15 is 0 Å². The predicted octanol–water partition coefficient (Wildman–Crippen LogP) is 0.000400. The SMILES string of the molecule is CC1C(=O)NC(=O)CN1S(=O)(=O)c1c(F)cccc1F. The van der Waals surface area contributed by atoms with Gasteiger partial charge in [-0.3, -0.25) is 14.9 Å². The van der Waals surface area contributed by atoms with E-state index in [1.807, 2.05) is 5.32 Å². The lowest BCUT2D eigenvalue weighted by Crippen LogP contribution is -2.58. The summed E-state index contributed by atoms with van der Waals surface area (Å²) in [7, 11) is -4.64. The Kier molecular flexibility index (Phi) is 3.57. The normalized spacial score (nSPS) is 20.9.